The molecule has 0 spiro atoms. The summed E-state index contributed by atoms with van der Waals surface area (Å²) in [6, 6.07) is 0. The molecule has 1 aliphatic heterocycles. The van der Waals surface area contributed by atoms with Crippen molar-refractivity contribution in [2.75, 3.05) is 0 Å². The lowest BCUT2D eigenvalue weighted by atomic mass is 9.74. The summed E-state index contributed by atoms with van der Waals surface area (Å²) in [6.07, 6.45) is 1.45. The average Bonchev–Trinajstić information content (AvgIpc) is 1.93. The summed E-state index contributed by atoms with van der Waals surface area (Å²) >= 11 is 0. The van der Waals surface area contributed by atoms with E-state index >= 15 is 0 Å². The summed E-state index contributed by atoms with van der Waals surface area (Å²) in [6.45, 7) is 10.9. The van der Waals surface area contributed by atoms with Gasteiger partial charge in [0, 0.05) is 5.41 Å². The van der Waals surface area contributed by atoms with Gasteiger partial charge in [-0.1, -0.05) is 19.9 Å². The van der Waals surface area contributed by atoms with Crippen molar-refractivity contribution >= 4 is 10.1 Å². The molecular weight excluding hydrogens is 188 g/mol. The quantitative estimate of drug-likeness (QED) is 0.482. The van der Waals surface area contributed by atoms with Crippen LogP contribution in [0, 0.1) is 5.41 Å². The van der Waals surface area contributed by atoms with Crippen molar-refractivity contribution in [3.8, 4) is 0 Å². The molecule has 0 N–H and O–H groups in total. The minimum Gasteiger partial charge on any atom is -0.263 e. The molecule has 3 nitrogen and oxygen atoms in total. The Labute approximate surface area is 79.9 Å². The highest BCUT2D eigenvalue weighted by molar-refractivity contribution is 7.87. The number of hydrogen-bond donors (Lipinski definition) is 0. The van der Waals surface area contributed by atoms with E-state index in [1.807, 2.05) is 13.8 Å². The Balaban J connectivity index is 3.31. The van der Waals surface area contributed by atoms with Crippen molar-refractivity contribution in [2.45, 2.75) is 38.5 Å². The van der Waals surface area contributed by atoms with Gasteiger partial charge < -0.3 is 0 Å². The van der Waals surface area contributed by atoms with Gasteiger partial charge in [-0.3, -0.25) is 4.18 Å². The van der Waals surface area contributed by atoms with E-state index in [0.29, 0.717) is 0 Å². The summed E-state index contributed by atoms with van der Waals surface area (Å²) in [7, 11) is -3.47. The predicted molar refractivity (Wildman–Crippen MR) is 51.8 cm³/mol. The highest BCUT2D eigenvalue weighted by Gasteiger charge is 2.57. The van der Waals surface area contributed by atoms with Crippen molar-refractivity contribution in [3.05, 3.63) is 12.7 Å². The molecular formula is C9H16O3S. The molecule has 0 aromatic rings. The first-order chi connectivity index (χ1) is 5.65. The van der Waals surface area contributed by atoms with Crippen LogP contribution in [0.25, 0.3) is 0 Å². The van der Waals surface area contributed by atoms with E-state index in [-0.39, 0.29) is 0 Å². The average molecular weight is 204 g/mol. The van der Waals surface area contributed by atoms with Crippen LogP contribution in [0.2, 0.25) is 0 Å². The standard InChI is InChI=1S/C9H16O3S/c1-6-7-8(2,3)9(4,5)12-13(7,10)11/h6-7H,1H2,2-5H3. The van der Waals surface area contributed by atoms with E-state index in [1.54, 1.807) is 13.8 Å². The van der Waals surface area contributed by atoms with Gasteiger partial charge in [-0.25, -0.2) is 0 Å². The Bertz CT molecular complexity index is 325. The van der Waals surface area contributed by atoms with Gasteiger partial charge in [0.05, 0.1) is 5.60 Å². The Morgan fingerprint density at radius 3 is 1.92 bits per heavy atom. The third-order valence-electron chi connectivity index (χ3n) is 3.11. The third kappa shape index (κ3) is 1.32. The molecule has 13 heavy (non-hydrogen) atoms. The van der Waals surface area contributed by atoms with E-state index in [0.717, 1.165) is 0 Å². The van der Waals surface area contributed by atoms with Crippen molar-refractivity contribution in [1.82, 2.24) is 0 Å². The number of hydrogen-bond acceptors (Lipinski definition) is 3. The Morgan fingerprint density at radius 1 is 1.31 bits per heavy atom. The van der Waals surface area contributed by atoms with E-state index in [4.69, 9.17) is 4.18 Å². The summed E-state index contributed by atoms with van der Waals surface area (Å²) < 4.78 is 28.1. The minimum absolute atomic E-state index is 0.437. The van der Waals surface area contributed by atoms with Crippen LogP contribution < -0.4 is 0 Å². The molecule has 0 aromatic carbocycles. The van der Waals surface area contributed by atoms with Crippen LogP contribution >= 0.6 is 0 Å². The molecule has 1 heterocycles. The zero-order valence-electron chi connectivity index (χ0n) is 8.49. The van der Waals surface area contributed by atoms with Crippen LogP contribution in [0.4, 0.5) is 0 Å². The Hall–Kier alpha value is -0.350. The van der Waals surface area contributed by atoms with Gasteiger partial charge in [0.15, 0.2) is 0 Å². The summed E-state index contributed by atoms with van der Waals surface area (Å²) in [5.74, 6) is 0. The lowest BCUT2D eigenvalue weighted by Gasteiger charge is -2.32. The molecule has 0 aromatic heterocycles. The topological polar surface area (TPSA) is 43.4 Å². The van der Waals surface area contributed by atoms with Crippen molar-refractivity contribution in [2.24, 2.45) is 5.41 Å². The zero-order chi connectivity index (χ0) is 10.5. The first kappa shape index (κ1) is 10.7. The maximum Gasteiger partial charge on any atom is 0.275 e. The van der Waals surface area contributed by atoms with Gasteiger partial charge in [-0.15, -0.1) is 6.58 Å². The molecule has 4 heteroatoms. The van der Waals surface area contributed by atoms with E-state index in [1.165, 1.54) is 6.08 Å². The normalized spacial score (nSPS) is 34.3. The van der Waals surface area contributed by atoms with Crippen LogP contribution in [-0.2, 0) is 14.3 Å². The Kier molecular flexibility index (Phi) is 2.13. The van der Waals surface area contributed by atoms with Crippen LogP contribution in [0.15, 0.2) is 12.7 Å². The van der Waals surface area contributed by atoms with Crippen LogP contribution in [-0.4, -0.2) is 19.3 Å². The van der Waals surface area contributed by atoms with Crippen molar-refractivity contribution < 1.29 is 12.6 Å². The second-order valence-corrected chi connectivity index (χ2v) is 6.12. The second kappa shape index (κ2) is 2.58. The maximum absolute atomic E-state index is 11.5. The monoisotopic (exact) mass is 204 g/mol. The minimum atomic E-state index is -3.47. The molecule has 0 aliphatic carbocycles. The SMILES string of the molecule is C=CC1C(C)(C)C(C)(C)OS1(=O)=O. The molecule has 1 saturated heterocycles. The van der Waals surface area contributed by atoms with Gasteiger partial charge in [0.2, 0.25) is 0 Å². The summed E-state index contributed by atoms with van der Waals surface area (Å²) in [4.78, 5) is 0. The van der Waals surface area contributed by atoms with E-state index in [2.05, 4.69) is 6.58 Å². The van der Waals surface area contributed by atoms with Gasteiger partial charge in [0.25, 0.3) is 10.1 Å². The first-order valence-corrected chi connectivity index (χ1v) is 5.69. The lowest BCUT2D eigenvalue weighted by Crippen LogP contribution is -2.40. The fourth-order valence-electron chi connectivity index (χ4n) is 1.57. The summed E-state index contributed by atoms with van der Waals surface area (Å²) in [5, 5.41) is -0.616. The highest BCUT2D eigenvalue weighted by atomic mass is 32.2. The first-order valence-electron chi connectivity index (χ1n) is 4.22. The molecule has 1 aliphatic rings. The fourth-order valence-corrected chi connectivity index (χ4v) is 3.71. The second-order valence-electron chi connectivity index (χ2n) is 4.46. The van der Waals surface area contributed by atoms with Crippen molar-refractivity contribution in [3.63, 3.8) is 0 Å². The molecule has 1 unspecified atom stereocenters. The van der Waals surface area contributed by atoms with E-state index in [9.17, 15) is 8.42 Å². The zero-order valence-corrected chi connectivity index (χ0v) is 9.31. The van der Waals surface area contributed by atoms with Crippen LogP contribution in [0.5, 0.6) is 0 Å². The lowest BCUT2D eigenvalue weighted by molar-refractivity contribution is 0.0361. The van der Waals surface area contributed by atoms with Crippen LogP contribution in [0.3, 0.4) is 0 Å². The third-order valence-corrected chi connectivity index (χ3v) is 5.17. The summed E-state index contributed by atoms with van der Waals surface area (Å²) in [5.41, 5.74) is -1.10. The van der Waals surface area contributed by atoms with E-state index < -0.39 is 26.4 Å². The van der Waals surface area contributed by atoms with Crippen molar-refractivity contribution in [1.29, 1.82) is 0 Å². The molecule has 0 bridgehead atoms. The molecule has 1 fully saturated rings. The fraction of sp³-hybridized carbons (Fsp3) is 0.778. The highest BCUT2D eigenvalue weighted by Crippen LogP contribution is 2.48. The smallest absolute Gasteiger partial charge is 0.263 e. The predicted octanol–water partition coefficient (Wildman–Crippen LogP) is 1.71. The largest absolute Gasteiger partial charge is 0.275 e. The Morgan fingerprint density at radius 2 is 1.77 bits per heavy atom. The van der Waals surface area contributed by atoms with Gasteiger partial charge in [0.1, 0.15) is 5.25 Å². The molecule has 0 amide bonds. The molecule has 1 atom stereocenters. The van der Waals surface area contributed by atoms with Crippen LogP contribution in [0.1, 0.15) is 27.7 Å². The van der Waals surface area contributed by atoms with Gasteiger partial charge in [-0.2, -0.15) is 8.42 Å². The molecule has 0 saturated carbocycles. The molecule has 76 valence electrons. The maximum atomic E-state index is 11.5. The van der Waals surface area contributed by atoms with Gasteiger partial charge in [-0.05, 0) is 13.8 Å². The number of rotatable bonds is 1. The molecule has 1 rings (SSSR count). The van der Waals surface area contributed by atoms with Gasteiger partial charge >= 0.3 is 0 Å². The molecule has 0 radical (unpaired) electrons.